The molecule has 0 bridgehead atoms. The molecule has 1 aromatic carbocycles. The van der Waals surface area contributed by atoms with Crippen molar-refractivity contribution >= 4 is 11.8 Å². The summed E-state index contributed by atoms with van der Waals surface area (Å²) >= 11 is 0. The van der Waals surface area contributed by atoms with E-state index in [4.69, 9.17) is 9.84 Å². The highest BCUT2D eigenvalue weighted by Gasteiger charge is 2.35. The third kappa shape index (κ3) is 4.36. The number of likely N-dealkylation sites (tertiary alicyclic amines) is 1. The van der Waals surface area contributed by atoms with Gasteiger partial charge in [0.25, 0.3) is 0 Å². The summed E-state index contributed by atoms with van der Waals surface area (Å²) in [6.07, 6.45) is 1.76. The largest absolute Gasteiger partial charge is 0.444 e. The fraction of sp³-hybridized carbons (Fsp3) is 0.500. The molecule has 1 aliphatic rings. The number of nitrogens with zero attached hydrogens (tertiary/aromatic N) is 4. The standard InChI is InChI=1S/C20H28N4O2/c1-5-22(17-9-7-6-8-10-17)13-16-11-12-24(21-16)18-14-23(15-18)19(25)26-20(2,3)4/h6-12,18H,5,13-15H2,1-4H3. The number of hydrogen-bond acceptors (Lipinski definition) is 4. The van der Waals surface area contributed by atoms with Crippen LogP contribution in [0.3, 0.4) is 0 Å². The molecule has 1 aliphatic heterocycles. The highest BCUT2D eigenvalue weighted by molar-refractivity contribution is 5.69. The second-order valence-electron chi connectivity index (χ2n) is 7.68. The molecule has 1 fully saturated rings. The van der Waals surface area contributed by atoms with Gasteiger partial charge in [-0.1, -0.05) is 18.2 Å². The smallest absolute Gasteiger partial charge is 0.410 e. The first-order valence-corrected chi connectivity index (χ1v) is 9.17. The summed E-state index contributed by atoms with van der Waals surface area (Å²) in [6.45, 7) is 10.8. The Morgan fingerprint density at radius 2 is 1.92 bits per heavy atom. The average Bonchev–Trinajstić information content (AvgIpc) is 2.98. The van der Waals surface area contributed by atoms with E-state index in [0.717, 1.165) is 18.8 Å². The van der Waals surface area contributed by atoms with Gasteiger partial charge in [-0.2, -0.15) is 5.10 Å². The topological polar surface area (TPSA) is 50.6 Å². The van der Waals surface area contributed by atoms with Crippen LogP contribution in [0.25, 0.3) is 0 Å². The molecular formula is C20H28N4O2. The third-order valence-corrected chi connectivity index (χ3v) is 4.41. The first-order valence-electron chi connectivity index (χ1n) is 9.17. The van der Waals surface area contributed by atoms with Crippen molar-refractivity contribution < 1.29 is 9.53 Å². The summed E-state index contributed by atoms with van der Waals surface area (Å²) in [4.78, 5) is 16.0. The SMILES string of the molecule is CCN(Cc1ccn(C2CN(C(=O)OC(C)(C)C)C2)n1)c1ccccc1. The van der Waals surface area contributed by atoms with Crippen molar-refractivity contribution in [2.45, 2.75) is 45.9 Å². The van der Waals surface area contributed by atoms with E-state index in [1.165, 1.54) is 5.69 Å². The fourth-order valence-corrected chi connectivity index (χ4v) is 2.98. The lowest BCUT2D eigenvalue weighted by molar-refractivity contribution is -0.000424. The Bertz CT molecular complexity index is 730. The molecule has 0 atom stereocenters. The van der Waals surface area contributed by atoms with Crippen LogP contribution in [0.2, 0.25) is 0 Å². The van der Waals surface area contributed by atoms with Gasteiger partial charge in [0.1, 0.15) is 5.60 Å². The van der Waals surface area contributed by atoms with Crippen LogP contribution in [-0.2, 0) is 11.3 Å². The van der Waals surface area contributed by atoms with Gasteiger partial charge in [-0.15, -0.1) is 0 Å². The van der Waals surface area contributed by atoms with Gasteiger partial charge in [0.15, 0.2) is 0 Å². The van der Waals surface area contributed by atoms with Crippen LogP contribution in [-0.4, -0.2) is 46.0 Å². The molecule has 0 unspecified atom stereocenters. The maximum absolute atomic E-state index is 12.0. The third-order valence-electron chi connectivity index (χ3n) is 4.41. The highest BCUT2D eigenvalue weighted by atomic mass is 16.6. The Morgan fingerprint density at radius 3 is 2.54 bits per heavy atom. The van der Waals surface area contributed by atoms with Gasteiger partial charge in [-0.25, -0.2) is 4.79 Å². The minimum atomic E-state index is -0.456. The number of amides is 1. The van der Waals surface area contributed by atoms with E-state index in [-0.39, 0.29) is 12.1 Å². The second kappa shape index (κ2) is 7.40. The molecule has 1 aromatic heterocycles. The molecule has 2 heterocycles. The number of aromatic nitrogens is 2. The molecule has 26 heavy (non-hydrogen) atoms. The Kier molecular flexibility index (Phi) is 5.20. The maximum atomic E-state index is 12.0. The molecule has 6 nitrogen and oxygen atoms in total. The minimum absolute atomic E-state index is 0.225. The van der Waals surface area contributed by atoms with Gasteiger partial charge in [-0.3, -0.25) is 4.68 Å². The van der Waals surface area contributed by atoms with Crippen molar-refractivity contribution in [2.75, 3.05) is 24.5 Å². The molecule has 2 aromatic rings. The number of carbonyl (C=O) groups is 1. The fourth-order valence-electron chi connectivity index (χ4n) is 2.98. The predicted octanol–water partition coefficient (Wildman–Crippen LogP) is 3.70. The summed E-state index contributed by atoms with van der Waals surface area (Å²) in [7, 11) is 0. The van der Waals surface area contributed by atoms with E-state index < -0.39 is 5.60 Å². The molecule has 0 radical (unpaired) electrons. The van der Waals surface area contributed by atoms with Crippen LogP contribution < -0.4 is 4.90 Å². The van der Waals surface area contributed by atoms with Crippen molar-refractivity contribution in [3.05, 3.63) is 48.3 Å². The number of rotatable bonds is 5. The lowest BCUT2D eigenvalue weighted by Crippen LogP contribution is -2.52. The monoisotopic (exact) mass is 356 g/mol. The number of anilines is 1. The van der Waals surface area contributed by atoms with Crippen LogP contribution in [0.15, 0.2) is 42.6 Å². The summed E-state index contributed by atoms with van der Waals surface area (Å²) < 4.78 is 7.37. The number of carbonyl (C=O) groups excluding carboxylic acids is 1. The summed E-state index contributed by atoms with van der Waals surface area (Å²) in [5.74, 6) is 0. The van der Waals surface area contributed by atoms with E-state index in [2.05, 4.69) is 42.2 Å². The van der Waals surface area contributed by atoms with Crippen LogP contribution in [0.5, 0.6) is 0 Å². The molecule has 0 saturated carbocycles. The number of para-hydroxylation sites is 1. The molecule has 3 rings (SSSR count). The van der Waals surface area contributed by atoms with Gasteiger partial charge in [0.2, 0.25) is 0 Å². The molecule has 1 saturated heterocycles. The first kappa shape index (κ1) is 18.3. The van der Waals surface area contributed by atoms with E-state index in [1.54, 1.807) is 4.90 Å². The van der Waals surface area contributed by atoms with Gasteiger partial charge in [0, 0.05) is 31.5 Å². The van der Waals surface area contributed by atoms with Gasteiger partial charge < -0.3 is 14.5 Å². The normalized spacial score (nSPS) is 14.8. The zero-order valence-electron chi connectivity index (χ0n) is 16.1. The minimum Gasteiger partial charge on any atom is -0.444 e. The van der Waals surface area contributed by atoms with Crippen LogP contribution in [0, 0.1) is 0 Å². The van der Waals surface area contributed by atoms with Crippen molar-refractivity contribution in [3.63, 3.8) is 0 Å². The van der Waals surface area contributed by atoms with Crippen molar-refractivity contribution in [2.24, 2.45) is 0 Å². The second-order valence-corrected chi connectivity index (χ2v) is 7.68. The van der Waals surface area contributed by atoms with E-state index >= 15 is 0 Å². The van der Waals surface area contributed by atoms with Gasteiger partial charge in [0.05, 0.1) is 18.3 Å². The van der Waals surface area contributed by atoms with Crippen molar-refractivity contribution in [1.29, 1.82) is 0 Å². The molecule has 140 valence electrons. The number of benzene rings is 1. The quantitative estimate of drug-likeness (QED) is 0.820. The van der Waals surface area contributed by atoms with Gasteiger partial charge in [-0.05, 0) is 45.9 Å². The zero-order valence-corrected chi connectivity index (χ0v) is 16.1. The van der Waals surface area contributed by atoms with E-state index in [1.807, 2.05) is 37.7 Å². The number of hydrogen-bond donors (Lipinski definition) is 0. The summed E-state index contributed by atoms with van der Waals surface area (Å²) in [5.41, 5.74) is 1.78. The molecule has 0 N–H and O–H groups in total. The van der Waals surface area contributed by atoms with E-state index in [0.29, 0.717) is 13.1 Å². The Labute approximate surface area is 155 Å². The Hall–Kier alpha value is -2.50. The number of ether oxygens (including phenoxy) is 1. The summed E-state index contributed by atoms with van der Waals surface area (Å²) in [6, 6.07) is 12.6. The lowest BCUT2D eigenvalue weighted by atomic mass is 10.1. The van der Waals surface area contributed by atoms with Gasteiger partial charge >= 0.3 is 6.09 Å². The Morgan fingerprint density at radius 1 is 1.23 bits per heavy atom. The Balaban J connectivity index is 1.55. The predicted molar refractivity (Wildman–Crippen MR) is 102 cm³/mol. The molecular weight excluding hydrogens is 328 g/mol. The average molecular weight is 356 g/mol. The maximum Gasteiger partial charge on any atom is 0.410 e. The van der Waals surface area contributed by atoms with Crippen molar-refractivity contribution in [1.82, 2.24) is 14.7 Å². The molecule has 0 aliphatic carbocycles. The summed E-state index contributed by atoms with van der Waals surface area (Å²) in [5, 5.41) is 4.71. The molecule has 1 amide bonds. The highest BCUT2D eigenvalue weighted by Crippen LogP contribution is 2.24. The van der Waals surface area contributed by atoms with Crippen molar-refractivity contribution in [3.8, 4) is 0 Å². The van der Waals surface area contributed by atoms with Crippen LogP contribution >= 0.6 is 0 Å². The molecule has 0 spiro atoms. The first-order chi connectivity index (χ1) is 12.4. The van der Waals surface area contributed by atoms with E-state index in [9.17, 15) is 4.79 Å². The molecule has 6 heteroatoms. The van der Waals surface area contributed by atoms with Crippen LogP contribution in [0.1, 0.15) is 39.4 Å². The lowest BCUT2D eigenvalue weighted by Gasteiger charge is -2.39. The zero-order chi connectivity index (χ0) is 18.7. The van der Waals surface area contributed by atoms with Crippen LogP contribution in [0.4, 0.5) is 10.5 Å².